The third-order valence-corrected chi connectivity index (χ3v) is 6.35. The van der Waals surface area contributed by atoms with Crippen molar-refractivity contribution in [1.82, 2.24) is 15.1 Å². The van der Waals surface area contributed by atoms with Crippen molar-refractivity contribution in [3.8, 4) is 0 Å². The number of ether oxygens (including phenoxy) is 1. The van der Waals surface area contributed by atoms with Crippen molar-refractivity contribution in [2.24, 2.45) is 0 Å². The third-order valence-electron chi connectivity index (χ3n) is 5.99. The van der Waals surface area contributed by atoms with Gasteiger partial charge in [-0.25, -0.2) is 4.79 Å². The van der Waals surface area contributed by atoms with E-state index in [2.05, 4.69) is 58.7 Å². The number of hydrogen-bond donors (Lipinski definition) is 1. The van der Waals surface area contributed by atoms with Gasteiger partial charge in [-0.2, -0.15) is 0 Å². The molecule has 0 saturated carbocycles. The van der Waals surface area contributed by atoms with Crippen LogP contribution in [-0.4, -0.2) is 60.1 Å². The molecule has 0 atom stereocenters. The summed E-state index contributed by atoms with van der Waals surface area (Å²) in [4.78, 5) is 28.7. The Labute approximate surface area is 205 Å². The van der Waals surface area contributed by atoms with E-state index in [-0.39, 0.29) is 11.9 Å². The van der Waals surface area contributed by atoms with Gasteiger partial charge in [0.2, 0.25) is 0 Å². The Morgan fingerprint density at radius 3 is 1.79 bits per heavy atom. The first-order chi connectivity index (χ1) is 16.6. The van der Waals surface area contributed by atoms with Crippen LogP contribution in [0.3, 0.4) is 0 Å². The van der Waals surface area contributed by atoms with Gasteiger partial charge in [0.15, 0.2) is 5.11 Å². The van der Waals surface area contributed by atoms with Gasteiger partial charge < -0.3 is 9.64 Å². The highest BCUT2D eigenvalue weighted by molar-refractivity contribution is 7.80. The monoisotopic (exact) mass is 473 g/mol. The zero-order chi connectivity index (χ0) is 23.9. The molecule has 0 radical (unpaired) electrons. The van der Waals surface area contributed by atoms with Gasteiger partial charge in [0.05, 0.1) is 18.7 Å². The summed E-state index contributed by atoms with van der Waals surface area (Å²) in [7, 11) is 1.32. The smallest absolute Gasteiger partial charge is 0.337 e. The average Bonchev–Trinajstić information content (AvgIpc) is 2.90. The Hall–Kier alpha value is -3.55. The normalized spacial score (nSPS) is 14.0. The standard InChI is InChI=1S/C27H27N3O3S/c1-33-26(32)23-14-12-22(13-15-23)25(31)28-27(34)30-18-16-29(17-19-30)24(20-8-4-2-5-9-20)21-10-6-3-7-11-21/h2-15,24H,16-19H2,1H3,(H,28,31,34). The maximum atomic E-state index is 12.6. The molecule has 0 bridgehead atoms. The first-order valence-electron chi connectivity index (χ1n) is 11.2. The van der Waals surface area contributed by atoms with E-state index in [1.54, 1.807) is 24.3 Å². The summed E-state index contributed by atoms with van der Waals surface area (Å²) in [6, 6.07) is 27.5. The summed E-state index contributed by atoms with van der Waals surface area (Å²) >= 11 is 5.53. The molecule has 3 aromatic carbocycles. The number of thiocarbonyl (C=S) groups is 1. The molecule has 0 aliphatic carbocycles. The number of carbonyl (C=O) groups excluding carboxylic acids is 2. The fraction of sp³-hybridized carbons (Fsp3) is 0.222. The Morgan fingerprint density at radius 2 is 1.29 bits per heavy atom. The van der Waals surface area contributed by atoms with Gasteiger partial charge in [0, 0.05) is 31.7 Å². The van der Waals surface area contributed by atoms with E-state index >= 15 is 0 Å². The van der Waals surface area contributed by atoms with E-state index in [0.29, 0.717) is 16.2 Å². The van der Waals surface area contributed by atoms with Crippen LogP contribution in [0, 0.1) is 0 Å². The number of carbonyl (C=O) groups is 2. The molecule has 0 aromatic heterocycles. The van der Waals surface area contributed by atoms with Crippen molar-refractivity contribution in [2.45, 2.75) is 6.04 Å². The molecule has 1 N–H and O–H groups in total. The molecule has 4 rings (SSSR count). The Morgan fingerprint density at radius 1 is 0.794 bits per heavy atom. The van der Waals surface area contributed by atoms with Gasteiger partial charge >= 0.3 is 5.97 Å². The first kappa shape index (κ1) is 23.6. The lowest BCUT2D eigenvalue weighted by atomic mass is 9.96. The third kappa shape index (κ3) is 5.50. The lowest BCUT2D eigenvalue weighted by molar-refractivity contribution is 0.0600. The van der Waals surface area contributed by atoms with Crippen molar-refractivity contribution >= 4 is 29.2 Å². The molecule has 1 aliphatic rings. The Bertz CT molecular complexity index is 1090. The highest BCUT2D eigenvalue weighted by Crippen LogP contribution is 2.29. The average molecular weight is 474 g/mol. The maximum Gasteiger partial charge on any atom is 0.337 e. The largest absolute Gasteiger partial charge is 0.465 e. The zero-order valence-corrected chi connectivity index (χ0v) is 19.8. The van der Waals surface area contributed by atoms with Crippen LogP contribution in [-0.2, 0) is 4.74 Å². The van der Waals surface area contributed by atoms with Crippen LogP contribution in [0.25, 0.3) is 0 Å². The van der Waals surface area contributed by atoms with Gasteiger partial charge in [-0.15, -0.1) is 0 Å². The summed E-state index contributed by atoms with van der Waals surface area (Å²) in [6.07, 6.45) is 0. The number of amides is 1. The van der Waals surface area contributed by atoms with Crippen LogP contribution in [0.1, 0.15) is 37.9 Å². The second kappa shape index (κ2) is 11.0. The van der Waals surface area contributed by atoms with Crippen LogP contribution in [0.4, 0.5) is 0 Å². The van der Waals surface area contributed by atoms with E-state index in [4.69, 9.17) is 17.0 Å². The second-order valence-electron chi connectivity index (χ2n) is 8.08. The molecular formula is C27H27N3O3S. The van der Waals surface area contributed by atoms with E-state index in [9.17, 15) is 9.59 Å². The summed E-state index contributed by atoms with van der Waals surface area (Å²) in [5.74, 6) is -0.736. The number of hydrogen-bond acceptors (Lipinski definition) is 5. The van der Waals surface area contributed by atoms with Crippen molar-refractivity contribution in [3.63, 3.8) is 0 Å². The molecular weight excluding hydrogens is 446 g/mol. The van der Waals surface area contributed by atoms with E-state index in [0.717, 1.165) is 26.2 Å². The molecule has 174 valence electrons. The van der Waals surface area contributed by atoms with Crippen molar-refractivity contribution in [1.29, 1.82) is 0 Å². The zero-order valence-electron chi connectivity index (χ0n) is 19.0. The Kier molecular flexibility index (Phi) is 7.67. The highest BCUT2D eigenvalue weighted by atomic mass is 32.1. The van der Waals surface area contributed by atoms with Crippen LogP contribution < -0.4 is 5.32 Å². The fourth-order valence-electron chi connectivity index (χ4n) is 4.19. The van der Waals surface area contributed by atoms with E-state index in [1.807, 2.05) is 17.0 Å². The molecule has 0 unspecified atom stereocenters. The number of nitrogens with one attached hydrogen (secondary N) is 1. The van der Waals surface area contributed by atoms with Crippen LogP contribution in [0.5, 0.6) is 0 Å². The minimum Gasteiger partial charge on any atom is -0.465 e. The van der Waals surface area contributed by atoms with Crippen LogP contribution in [0.2, 0.25) is 0 Å². The van der Waals surface area contributed by atoms with Crippen molar-refractivity contribution < 1.29 is 14.3 Å². The minimum absolute atomic E-state index is 0.168. The SMILES string of the molecule is COC(=O)c1ccc(C(=O)NC(=S)N2CCN(C(c3ccccc3)c3ccccc3)CC2)cc1. The van der Waals surface area contributed by atoms with Gasteiger partial charge in [0.1, 0.15) is 0 Å². The molecule has 1 aliphatic heterocycles. The van der Waals surface area contributed by atoms with E-state index < -0.39 is 5.97 Å². The molecule has 34 heavy (non-hydrogen) atoms. The minimum atomic E-state index is -0.440. The summed E-state index contributed by atoms with van der Waals surface area (Å²) in [5.41, 5.74) is 3.34. The first-order valence-corrected chi connectivity index (χ1v) is 11.6. The van der Waals surface area contributed by atoms with Gasteiger partial charge in [-0.1, -0.05) is 60.7 Å². The summed E-state index contributed by atoms with van der Waals surface area (Å²) < 4.78 is 4.69. The maximum absolute atomic E-state index is 12.6. The fourth-order valence-corrected chi connectivity index (χ4v) is 4.47. The number of esters is 1. The Balaban J connectivity index is 1.38. The molecule has 1 amide bonds. The summed E-state index contributed by atoms with van der Waals surface area (Å²) in [5, 5.41) is 3.23. The van der Waals surface area contributed by atoms with Crippen molar-refractivity contribution in [3.05, 3.63) is 107 Å². The van der Waals surface area contributed by atoms with Crippen LogP contribution >= 0.6 is 12.2 Å². The molecule has 1 fully saturated rings. The number of rotatable bonds is 5. The molecule has 7 heteroatoms. The second-order valence-corrected chi connectivity index (χ2v) is 8.46. The predicted molar refractivity (Wildman–Crippen MR) is 136 cm³/mol. The van der Waals surface area contributed by atoms with Gasteiger partial charge in [-0.3, -0.25) is 15.0 Å². The quantitative estimate of drug-likeness (QED) is 0.448. The number of benzene rings is 3. The lowest BCUT2D eigenvalue weighted by Crippen LogP contribution is -2.53. The topological polar surface area (TPSA) is 61.9 Å². The number of piperazine rings is 1. The predicted octanol–water partition coefficient (Wildman–Crippen LogP) is 3.90. The van der Waals surface area contributed by atoms with Crippen molar-refractivity contribution in [2.75, 3.05) is 33.3 Å². The van der Waals surface area contributed by atoms with Gasteiger partial charge in [0.25, 0.3) is 5.91 Å². The number of methoxy groups -OCH3 is 1. The van der Waals surface area contributed by atoms with Gasteiger partial charge in [-0.05, 0) is 47.6 Å². The van der Waals surface area contributed by atoms with E-state index in [1.165, 1.54) is 18.2 Å². The van der Waals surface area contributed by atoms with Crippen LogP contribution in [0.15, 0.2) is 84.9 Å². The molecule has 6 nitrogen and oxygen atoms in total. The lowest BCUT2D eigenvalue weighted by Gasteiger charge is -2.40. The molecule has 0 spiro atoms. The molecule has 3 aromatic rings. The molecule has 1 saturated heterocycles. The molecule has 1 heterocycles. The number of nitrogens with zero attached hydrogens (tertiary/aromatic N) is 2. The highest BCUT2D eigenvalue weighted by Gasteiger charge is 2.27. The summed E-state index contributed by atoms with van der Waals surface area (Å²) in [6.45, 7) is 3.07.